The minimum absolute atomic E-state index is 0. The number of ketones is 1. The molecule has 0 radical (unpaired) electrons. The highest BCUT2D eigenvalue weighted by molar-refractivity contribution is 8.76. The molecule has 0 spiro atoms. The standard InChI is InChI=1S/C3H6O.C2H6O2S.C2H6OS.C2H6O.C2H6S2.C2H6S.CH4/c1-3(2)4;1-5(2,3)4;1-4(2)3;1-3-2;1-3-4-2;1-3-2;/h1-2H3;1-2H3;1-2H3;1-2H3;1-2H3;1-2H3;1H4. The van der Waals surface area contributed by atoms with Crippen molar-refractivity contribution in [2.45, 2.75) is 21.3 Å². The molecule has 0 saturated heterocycles. The molecular weight excluding hydrogens is 408 g/mol. The van der Waals surface area contributed by atoms with Gasteiger partial charge in [-0.2, -0.15) is 11.8 Å². The Labute approximate surface area is 167 Å². The molecule has 0 saturated carbocycles. The minimum atomic E-state index is -2.67. The van der Waals surface area contributed by atoms with Crippen LogP contribution >= 0.6 is 33.3 Å². The van der Waals surface area contributed by atoms with Gasteiger partial charge >= 0.3 is 0 Å². The van der Waals surface area contributed by atoms with E-state index in [4.69, 9.17) is 0 Å². The van der Waals surface area contributed by atoms with Crippen LogP contribution in [0.3, 0.4) is 0 Å². The highest BCUT2D eigenvalue weighted by Gasteiger charge is 1.79. The number of rotatable bonds is 1. The molecule has 0 unspecified atom stereocenters. The van der Waals surface area contributed by atoms with Crippen molar-refractivity contribution in [2.24, 2.45) is 0 Å². The van der Waals surface area contributed by atoms with E-state index in [0.717, 1.165) is 12.5 Å². The zero-order chi connectivity index (χ0) is 20.5. The zero-order valence-electron chi connectivity index (χ0n) is 16.6. The summed E-state index contributed by atoms with van der Waals surface area (Å²) in [5.41, 5.74) is 0. The van der Waals surface area contributed by atoms with Gasteiger partial charge in [-0.05, 0) is 38.9 Å². The zero-order valence-corrected chi connectivity index (χ0v) is 20.7. The highest BCUT2D eigenvalue weighted by Crippen LogP contribution is 2.09. The van der Waals surface area contributed by atoms with Gasteiger partial charge in [-0.3, -0.25) is 4.21 Å². The van der Waals surface area contributed by atoms with E-state index in [1.165, 1.54) is 13.8 Å². The topological polar surface area (TPSA) is 77.5 Å². The summed E-state index contributed by atoms with van der Waals surface area (Å²) in [5.74, 6) is 0.167. The Morgan fingerprint density at radius 3 is 0.958 bits per heavy atom. The van der Waals surface area contributed by atoms with Crippen molar-refractivity contribution >= 4 is 59.8 Å². The highest BCUT2D eigenvalue weighted by atomic mass is 33.1. The van der Waals surface area contributed by atoms with Crippen LogP contribution in [0.5, 0.6) is 0 Å². The van der Waals surface area contributed by atoms with E-state index in [1.54, 1.807) is 60.1 Å². The molecule has 0 fully saturated rings. The molecule has 0 aromatic carbocycles. The molecule has 0 atom stereocenters. The SMILES string of the molecule is C.CC(C)=O.COC.CS(C)(=O)=O.CS(C)=O.CSC.CSSC. The van der Waals surface area contributed by atoms with Crippen LogP contribution in [0.1, 0.15) is 21.3 Å². The maximum absolute atomic E-state index is 9.63. The Morgan fingerprint density at radius 2 is 0.958 bits per heavy atom. The van der Waals surface area contributed by atoms with E-state index < -0.39 is 20.6 Å². The third kappa shape index (κ3) is 3410. The van der Waals surface area contributed by atoms with Gasteiger partial charge < -0.3 is 9.53 Å². The van der Waals surface area contributed by atoms with Crippen molar-refractivity contribution in [2.75, 3.05) is 64.3 Å². The molecule has 0 aliphatic heterocycles. The van der Waals surface area contributed by atoms with E-state index in [-0.39, 0.29) is 13.2 Å². The number of hydrogen-bond acceptors (Lipinski definition) is 8. The van der Waals surface area contributed by atoms with Crippen molar-refractivity contribution in [1.82, 2.24) is 0 Å². The van der Waals surface area contributed by atoms with Crippen molar-refractivity contribution in [1.29, 1.82) is 0 Å². The normalized spacial score (nSPS) is 7.71. The first-order valence-electron chi connectivity index (χ1n) is 5.95. The second-order valence-electron chi connectivity index (χ2n) is 3.94. The fourth-order valence-electron chi connectivity index (χ4n) is 0. The molecule has 24 heavy (non-hydrogen) atoms. The van der Waals surface area contributed by atoms with Crippen LogP contribution in [-0.4, -0.2) is 82.7 Å². The van der Waals surface area contributed by atoms with Crippen LogP contribution in [0, 0.1) is 0 Å². The summed E-state index contributed by atoms with van der Waals surface area (Å²) >= 11 is 1.75. The summed E-state index contributed by atoms with van der Waals surface area (Å²) in [6.07, 6.45) is 13.8. The van der Waals surface area contributed by atoms with Gasteiger partial charge in [-0.25, -0.2) is 8.42 Å². The summed E-state index contributed by atoms with van der Waals surface area (Å²) in [6, 6.07) is 0. The Morgan fingerprint density at radius 1 is 0.917 bits per heavy atom. The molecule has 0 aromatic rings. The van der Waals surface area contributed by atoms with Crippen molar-refractivity contribution in [3.63, 3.8) is 0 Å². The fraction of sp³-hybridized carbons (Fsp3) is 0.929. The monoisotopic (exact) mass is 448 g/mol. The average molecular weight is 449 g/mol. The number of thioether (sulfide) groups is 1. The second-order valence-corrected chi connectivity index (χ2v) is 11.2. The Bertz CT molecular complexity index is 275. The van der Waals surface area contributed by atoms with Crippen LogP contribution in [0.15, 0.2) is 0 Å². The molecule has 0 bridgehead atoms. The van der Waals surface area contributed by atoms with Crippen LogP contribution in [0.4, 0.5) is 0 Å². The van der Waals surface area contributed by atoms with Crippen LogP contribution in [0.25, 0.3) is 0 Å². The predicted molar refractivity (Wildman–Crippen MR) is 123 cm³/mol. The number of hydrogen-bond donors (Lipinski definition) is 0. The molecule has 0 heterocycles. The van der Waals surface area contributed by atoms with E-state index in [1.807, 2.05) is 12.5 Å². The molecule has 0 aromatic heterocycles. The molecule has 0 aliphatic carbocycles. The van der Waals surface area contributed by atoms with E-state index in [9.17, 15) is 17.4 Å². The quantitative estimate of drug-likeness (QED) is 0.561. The van der Waals surface area contributed by atoms with Gasteiger partial charge in [0.2, 0.25) is 0 Å². The summed E-state index contributed by atoms with van der Waals surface area (Å²) in [6.45, 7) is 3.06. The van der Waals surface area contributed by atoms with Gasteiger partial charge in [0, 0.05) is 50.0 Å². The number of sulfone groups is 1. The number of ether oxygens (including phenoxy) is 1. The maximum atomic E-state index is 9.63. The number of Topliss-reactive ketones (excluding diaryl/α,β-unsaturated/α-hetero) is 1. The lowest BCUT2D eigenvalue weighted by molar-refractivity contribution is -0.114. The van der Waals surface area contributed by atoms with Gasteiger partial charge in [0.1, 0.15) is 15.6 Å². The molecule has 10 heteroatoms. The Kier molecular flexibility index (Phi) is 80.9. The first kappa shape index (κ1) is 44.3. The third-order valence-electron chi connectivity index (χ3n) is 0.167. The van der Waals surface area contributed by atoms with E-state index in [0.29, 0.717) is 0 Å². The molecule has 0 N–H and O–H groups in total. The third-order valence-corrected chi connectivity index (χ3v) is 1.50. The lowest BCUT2D eigenvalue weighted by atomic mass is 10.6. The molecule has 0 aliphatic rings. The summed E-state index contributed by atoms with van der Waals surface area (Å²) < 4.78 is 33.1. The second kappa shape index (κ2) is 43.8. The van der Waals surface area contributed by atoms with Gasteiger partial charge in [-0.15, -0.1) is 0 Å². The first-order valence-corrected chi connectivity index (χ1v) is 14.8. The predicted octanol–water partition coefficient (Wildman–Crippen LogP) is 3.76. The lowest BCUT2D eigenvalue weighted by Crippen LogP contribution is -1.86. The van der Waals surface area contributed by atoms with Crippen LogP contribution < -0.4 is 0 Å². The number of methoxy groups -OCH3 is 1. The number of carbonyl (C=O) groups excluding carboxylic acids is 1. The van der Waals surface area contributed by atoms with Gasteiger partial charge in [0.05, 0.1) is 0 Å². The average Bonchev–Trinajstić information content (AvgIpc) is 2.26. The van der Waals surface area contributed by atoms with E-state index >= 15 is 0 Å². The molecule has 0 rings (SSSR count). The van der Waals surface area contributed by atoms with Crippen LogP contribution in [-0.2, 0) is 30.2 Å². The number of carbonyl (C=O) groups is 1. The molecule has 0 amide bonds. The van der Waals surface area contributed by atoms with Crippen LogP contribution in [0.2, 0.25) is 0 Å². The summed E-state index contributed by atoms with van der Waals surface area (Å²) in [5, 5.41) is 0. The Balaban J connectivity index is -0.0000000289. The largest absolute Gasteiger partial charge is 0.388 e. The maximum Gasteiger partial charge on any atom is 0.144 e. The smallest absolute Gasteiger partial charge is 0.144 e. The van der Waals surface area contributed by atoms with Crippen molar-refractivity contribution < 1.29 is 22.2 Å². The van der Waals surface area contributed by atoms with E-state index in [2.05, 4.69) is 17.2 Å². The summed E-state index contributed by atoms with van der Waals surface area (Å²) in [7, 11) is 3.52. The van der Waals surface area contributed by atoms with Gasteiger partial charge in [-0.1, -0.05) is 29.0 Å². The molecule has 5 nitrogen and oxygen atoms in total. The molecule has 156 valence electrons. The minimum Gasteiger partial charge on any atom is -0.388 e. The summed E-state index contributed by atoms with van der Waals surface area (Å²) in [4.78, 5) is 9.44. The lowest BCUT2D eigenvalue weighted by Gasteiger charge is -1.69. The van der Waals surface area contributed by atoms with Gasteiger partial charge in [0.15, 0.2) is 0 Å². The molecular formula is C14H40O5S5. The van der Waals surface area contributed by atoms with Crippen molar-refractivity contribution in [3.05, 3.63) is 0 Å². The fourth-order valence-corrected chi connectivity index (χ4v) is 0. The van der Waals surface area contributed by atoms with Gasteiger partial charge in [0.25, 0.3) is 0 Å². The Hall–Kier alpha value is 0.780. The first-order chi connectivity index (χ1) is 10.2. The van der Waals surface area contributed by atoms with Crippen molar-refractivity contribution in [3.8, 4) is 0 Å².